The standard InChI is InChI=1S/C14H17N3O3S2/c1-10-2-3-12(21-10)8-14(18)16-13-4-6-15-17(13)11-5-7-22(19,20)9-11/h2-4,6,11H,5,7-9H2,1H3,(H,16,18). The van der Waals surface area contributed by atoms with Gasteiger partial charge in [-0.2, -0.15) is 5.10 Å². The van der Waals surface area contributed by atoms with Crippen molar-refractivity contribution in [2.24, 2.45) is 0 Å². The summed E-state index contributed by atoms with van der Waals surface area (Å²) in [4.78, 5) is 14.3. The van der Waals surface area contributed by atoms with Crippen LogP contribution in [-0.2, 0) is 21.1 Å². The number of carbonyl (C=O) groups is 1. The second-order valence-corrected chi connectivity index (χ2v) is 9.06. The molecule has 2 aromatic heterocycles. The van der Waals surface area contributed by atoms with Crippen LogP contribution in [0.2, 0.25) is 0 Å². The molecule has 1 N–H and O–H groups in total. The Kier molecular flexibility index (Phi) is 4.05. The number of hydrogen-bond acceptors (Lipinski definition) is 5. The van der Waals surface area contributed by atoms with Gasteiger partial charge in [-0.1, -0.05) is 0 Å². The highest BCUT2D eigenvalue weighted by Crippen LogP contribution is 2.26. The fourth-order valence-electron chi connectivity index (χ4n) is 2.60. The topological polar surface area (TPSA) is 81.1 Å². The largest absolute Gasteiger partial charge is 0.311 e. The molecular weight excluding hydrogens is 322 g/mol. The number of thiophene rings is 1. The first-order chi connectivity index (χ1) is 10.4. The number of nitrogens with one attached hydrogen (secondary N) is 1. The van der Waals surface area contributed by atoms with Crippen LogP contribution < -0.4 is 5.32 Å². The number of rotatable bonds is 4. The predicted molar refractivity (Wildman–Crippen MR) is 85.9 cm³/mol. The van der Waals surface area contributed by atoms with E-state index in [4.69, 9.17) is 0 Å². The first-order valence-electron chi connectivity index (χ1n) is 7.02. The lowest BCUT2D eigenvalue weighted by Gasteiger charge is -2.13. The van der Waals surface area contributed by atoms with Crippen molar-refractivity contribution in [3.8, 4) is 0 Å². The highest BCUT2D eigenvalue weighted by Gasteiger charge is 2.30. The molecule has 118 valence electrons. The van der Waals surface area contributed by atoms with Gasteiger partial charge in [-0.05, 0) is 25.5 Å². The normalized spacial score (nSPS) is 20.1. The number of aromatic nitrogens is 2. The lowest BCUT2D eigenvalue weighted by Crippen LogP contribution is -2.20. The zero-order chi connectivity index (χ0) is 15.7. The Labute approximate surface area is 133 Å². The summed E-state index contributed by atoms with van der Waals surface area (Å²) in [5.41, 5.74) is 0. The maximum absolute atomic E-state index is 12.1. The Bertz CT molecular complexity index is 792. The summed E-state index contributed by atoms with van der Waals surface area (Å²) in [6.07, 6.45) is 2.43. The van der Waals surface area contributed by atoms with Gasteiger partial charge < -0.3 is 5.32 Å². The van der Waals surface area contributed by atoms with Crippen LogP contribution in [-0.4, -0.2) is 35.6 Å². The van der Waals surface area contributed by atoms with E-state index in [1.165, 1.54) is 4.88 Å². The third-order valence-electron chi connectivity index (χ3n) is 3.62. The minimum atomic E-state index is -2.98. The van der Waals surface area contributed by atoms with E-state index in [2.05, 4.69) is 10.4 Å². The van der Waals surface area contributed by atoms with Crippen molar-refractivity contribution in [2.75, 3.05) is 16.8 Å². The third-order valence-corrected chi connectivity index (χ3v) is 6.37. The number of carbonyl (C=O) groups excluding carboxylic acids is 1. The molecule has 2 aromatic rings. The number of anilines is 1. The smallest absolute Gasteiger partial charge is 0.230 e. The van der Waals surface area contributed by atoms with Crippen LogP contribution in [0.4, 0.5) is 5.82 Å². The van der Waals surface area contributed by atoms with Crippen LogP contribution in [0.3, 0.4) is 0 Å². The van der Waals surface area contributed by atoms with Crippen molar-refractivity contribution in [1.82, 2.24) is 9.78 Å². The zero-order valence-electron chi connectivity index (χ0n) is 12.2. The molecule has 0 bridgehead atoms. The Morgan fingerprint density at radius 1 is 1.45 bits per heavy atom. The van der Waals surface area contributed by atoms with Crippen molar-refractivity contribution in [3.63, 3.8) is 0 Å². The molecule has 3 rings (SSSR count). The molecule has 1 aliphatic rings. The number of hydrogen-bond donors (Lipinski definition) is 1. The quantitative estimate of drug-likeness (QED) is 0.921. The minimum Gasteiger partial charge on any atom is -0.311 e. The Morgan fingerprint density at radius 2 is 2.27 bits per heavy atom. The summed E-state index contributed by atoms with van der Waals surface area (Å²) in [5, 5.41) is 6.99. The fourth-order valence-corrected chi connectivity index (χ4v) is 5.18. The average Bonchev–Trinajstić information content (AvgIpc) is 3.11. The van der Waals surface area contributed by atoms with Crippen LogP contribution in [0.25, 0.3) is 0 Å². The molecule has 6 nitrogen and oxygen atoms in total. The summed E-state index contributed by atoms with van der Waals surface area (Å²) in [6, 6.07) is 5.43. The second-order valence-electron chi connectivity index (χ2n) is 5.46. The molecule has 1 aliphatic heterocycles. The van der Waals surface area contributed by atoms with Crippen LogP contribution in [0.1, 0.15) is 22.2 Å². The monoisotopic (exact) mass is 339 g/mol. The highest BCUT2D eigenvalue weighted by molar-refractivity contribution is 7.91. The highest BCUT2D eigenvalue weighted by atomic mass is 32.2. The van der Waals surface area contributed by atoms with Gasteiger partial charge in [0, 0.05) is 15.8 Å². The number of amides is 1. The van der Waals surface area contributed by atoms with E-state index < -0.39 is 9.84 Å². The lowest BCUT2D eigenvalue weighted by molar-refractivity contribution is -0.115. The number of sulfone groups is 1. The molecule has 1 amide bonds. The summed E-state index contributed by atoms with van der Waals surface area (Å²) in [7, 11) is -2.98. The van der Waals surface area contributed by atoms with E-state index in [1.54, 1.807) is 28.3 Å². The molecule has 3 heterocycles. The summed E-state index contributed by atoms with van der Waals surface area (Å²) < 4.78 is 24.8. The molecule has 0 aromatic carbocycles. The fraction of sp³-hybridized carbons (Fsp3) is 0.429. The maximum Gasteiger partial charge on any atom is 0.230 e. The van der Waals surface area contributed by atoms with E-state index >= 15 is 0 Å². The molecule has 0 aliphatic carbocycles. The number of nitrogens with zero attached hydrogens (tertiary/aromatic N) is 2. The predicted octanol–water partition coefficient (Wildman–Crippen LogP) is 1.79. The summed E-state index contributed by atoms with van der Waals surface area (Å²) >= 11 is 1.60. The SMILES string of the molecule is Cc1ccc(CC(=O)Nc2ccnn2C2CCS(=O)(=O)C2)s1. The van der Waals surface area contributed by atoms with E-state index in [9.17, 15) is 13.2 Å². The van der Waals surface area contributed by atoms with Crippen molar-refractivity contribution >= 4 is 32.9 Å². The zero-order valence-corrected chi connectivity index (χ0v) is 13.8. The molecular formula is C14H17N3O3S2. The van der Waals surface area contributed by atoms with E-state index in [0.717, 1.165) is 4.88 Å². The molecule has 0 saturated carbocycles. The van der Waals surface area contributed by atoms with Crippen LogP contribution in [0.5, 0.6) is 0 Å². The van der Waals surface area contributed by atoms with Crippen LogP contribution in [0.15, 0.2) is 24.4 Å². The summed E-state index contributed by atoms with van der Waals surface area (Å²) in [6.45, 7) is 2.00. The van der Waals surface area contributed by atoms with Crippen molar-refractivity contribution < 1.29 is 13.2 Å². The Balaban J connectivity index is 1.69. The molecule has 1 saturated heterocycles. The van der Waals surface area contributed by atoms with Gasteiger partial charge in [-0.3, -0.25) is 4.79 Å². The van der Waals surface area contributed by atoms with Crippen molar-refractivity contribution in [1.29, 1.82) is 0 Å². The Hall–Kier alpha value is -1.67. The van der Waals surface area contributed by atoms with Gasteiger partial charge in [-0.15, -0.1) is 11.3 Å². The minimum absolute atomic E-state index is 0.0850. The van der Waals surface area contributed by atoms with Crippen molar-refractivity contribution in [2.45, 2.75) is 25.8 Å². The van der Waals surface area contributed by atoms with Gasteiger partial charge in [0.2, 0.25) is 5.91 Å². The first kappa shape index (κ1) is 15.2. The molecule has 0 radical (unpaired) electrons. The van der Waals surface area contributed by atoms with Crippen molar-refractivity contribution in [3.05, 3.63) is 34.2 Å². The molecule has 1 atom stereocenters. The number of aryl methyl sites for hydroxylation is 1. The average molecular weight is 339 g/mol. The third kappa shape index (κ3) is 3.38. The van der Waals surface area contributed by atoms with E-state index in [1.807, 2.05) is 19.1 Å². The maximum atomic E-state index is 12.1. The van der Waals surface area contributed by atoms with Gasteiger partial charge in [-0.25, -0.2) is 13.1 Å². The van der Waals surface area contributed by atoms with Crippen LogP contribution in [0, 0.1) is 6.92 Å². The summed E-state index contributed by atoms with van der Waals surface area (Å²) in [5.74, 6) is 0.700. The second kappa shape index (κ2) is 5.85. The van der Waals surface area contributed by atoms with E-state index in [-0.39, 0.29) is 23.5 Å². The van der Waals surface area contributed by atoms with Gasteiger partial charge in [0.25, 0.3) is 0 Å². The first-order valence-corrected chi connectivity index (χ1v) is 9.66. The van der Waals surface area contributed by atoms with Gasteiger partial charge in [0.15, 0.2) is 9.84 Å². The van der Waals surface area contributed by atoms with E-state index in [0.29, 0.717) is 18.7 Å². The lowest BCUT2D eigenvalue weighted by atomic mass is 10.3. The van der Waals surface area contributed by atoms with Crippen LogP contribution >= 0.6 is 11.3 Å². The van der Waals surface area contributed by atoms with Gasteiger partial charge in [0.05, 0.1) is 30.2 Å². The molecule has 1 fully saturated rings. The van der Waals surface area contributed by atoms with Gasteiger partial charge in [0.1, 0.15) is 5.82 Å². The Morgan fingerprint density at radius 3 is 2.91 bits per heavy atom. The molecule has 8 heteroatoms. The molecule has 22 heavy (non-hydrogen) atoms. The molecule has 1 unspecified atom stereocenters. The van der Waals surface area contributed by atoms with Gasteiger partial charge >= 0.3 is 0 Å². The molecule has 0 spiro atoms.